The van der Waals surface area contributed by atoms with Crippen molar-refractivity contribution in [1.82, 2.24) is 24.6 Å². The Labute approximate surface area is 159 Å². The summed E-state index contributed by atoms with van der Waals surface area (Å²) in [7, 11) is 0. The largest absolute Gasteiger partial charge is 0.464 e. The van der Waals surface area contributed by atoms with Crippen molar-refractivity contribution < 1.29 is 8.81 Å². The van der Waals surface area contributed by atoms with Crippen LogP contribution in [0.25, 0.3) is 27.7 Å². The molecule has 7 heteroatoms. The van der Waals surface area contributed by atoms with Crippen LogP contribution in [-0.4, -0.2) is 24.6 Å². The first-order chi connectivity index (χ1) is 13.7. The molecule has 0 unspecified atom stereocenters. The fourth-order valence-corrected chi connectivity index (χ4v) is 3.58. The smallest absolute Gasteiger partial charge is 0.171 e. The van der Waals surface area contributed by atoms with Crippen LogP contribution in [0, 0.1) is 12.7 Å². The first kappa shape index (κ1) is 16.6. The summed E-state index contributed by atoms with van der Waals surface area (Å²) in [4.78, 5) is 8.96. The highest BCUT2D eigenvalue weighted by atomic mass is 19.1. The highest BCUT2D eigenvalue weighted by Gasteiger charge is 2.15. The van der Waals surface area contributed by atoms with Gasteiger partial charge in [0.15, 0.2) is 5.65 Å². The van der Waals surface area contributed by atoms with Crippen LogP contribution in [-0.2, 0) is 12.8 Å². The molecule has 28 heavy (non-hydrogen) atoms. The van der Waals surface area contributed by atoms with Crippen molar-refractivity contribution in [3.8, 4) is 11.1 Å². The molecule has 0 aliphatic carbocycles. The SMILES string of the molecule is Cc1ncccc1-c1cnc(CCc2c(F)ccc3occc23)n2cnnc12. The summed E-state index contributed by atoms with van der Waals surface area (Å²) in [5.41, 5.74) is 4.75. The molecule has 0 N–H and O–H groups in total. The van der Waals surface area contributed by atoms with Crippen LogP contribution in [0.15, 0.2) is 59.7 Å². The zero-order valence-electron chi connectivity index (χ0n) is 15.1. The van der Waals surface area contributed by atoms with Crippen molar-refractivity contribution in [2.75, 3.05) is 0 Å². The third kappa shape index (κ3) is 2.63. The molecular formula is C21H16FN5O. The Bertz CT molecular complexity index is 1310. The van der Waals surface area contributed by atoms with E-state index in [1.807, 2.05) is 23.5 Å². The summed E-state index contributed by atoms with van der Waals surface area (Å²) in [5.74, 6) is 0.529. The molecule has 0 spiro atoms. The van der Waals surface area contributed by atoms with E-state index in [2.05, 4.69) is 20.2 Å². The van der Waals surface area contributed by atoms with Gasteiger partial charge in [0, 0.05) is 41.0 Å². The maximum atomic E-state index is 14.4. The average molecular weight is 373 g/mol. The van der Waals surface area contributed by atoms with Crippen molar-refractivity contribution in [3.05, 3.63) is 78.2 Å². The summed E-state index contributed by atoms with van der Waals surface area (Å²) in [6, 6.07) is 8.76. The molecule has 0 radical (unpaired) electrons. The predicted octanol–water partition coefficient (Wildman–Crippen LogP) is 4.17. The molecule has 0 bridgehead atoms. The Morgan fingerprint density at radius 2 is 2.00 bits per heavy atom. The Balaban J connectivity index is 1.53. The van der Waals surface area contributed by atoms with E-state index in [-0.39, 0.29) is 5.82 Å². The highest BCUT2D eigenvalue weighted by molar-refractivity contribution is 5.81. The quantitative estimate of drug-likeness (QED) is 0.473. The van der Waals surface area contributed by atoms with Gasteiger partial charge in [-0.05, 0) is 43.2 Å². The lowest BCUT2D eigenvalue weighted by atomic mass is 10.0. The van der Waals surface area contributed by atoms with E-state index in [0.29, 0.717) is 29.6 Å². The van der Waals surface area contributed by atoms with Gasteiger partial charge in [-0.25, -0.2) is 9.37 Å². The summed E-state index contributed by atoms with van der Waals surface area (Å²) < 4.78 is 21.6. The van der Waals surface area contributed by atoms with Gasteiger partial charge in [0.05, 0.1) is 6.26 Å². The third-order valence-corrected chi connectivity index (χ3v) is 4.99. The van der Waals surface area contributed by atoms with Gasteiger partial charge >= 0.3 is 0 Å². The van der Waals surface area contributed by atoms with Gasteiger partial charge < -0.3 is 4.42 Å². The fraction of sp³-hybridized carbons (Fsp3) is 0.143. The Kier molecular flexibility index (Phi) is 3.86. The second-order valence-corrected chi connectivity index (χ2v) is 6.61. The number of rotatable bonds is 4. The number of benzene rings is 1. The van der Waals surface area contributed by atoms with E-state index in [4.69, 9.17) is 4.42 Å². The first-order valence-corrected chi connectivity index (χ1v) is 8.96. The van der Waals surface area contributed by atoms with Gasteiger partial charge in [-0.1, -0.05) is 6.07 Å². The van der Waals surface area contributed by atoms with E-state index < -0.39 is 0 Å². The maximum absolute atomic E-state index is 14.4. The molecule has 0 amide bonds. The summed E-state index contributed by atoms with van der Waals surface area (Å²) >= 11 is 0. The molecule has 0 saturated heterocycles. The lowest BCUT2D eigenvalue weighted by molar-refractivity contribution is 0.600. The van der Waals surface area contributed by atoms with Crippen molar-refractivity contribution in [2.45, 2.75) is 19.8 Å². The monoisotopic (exact) mass is 373 g/mol. The second-order valence-electron chi connectivity index (χ2n) is 6.61. The van der Waals surface area contributed by atoms with Crippen LogP contribution in [0.4, 0.5) is 4.39 Å². The Morgan fingerprint density at radius 3 is 2.89 bits per heavy atom. The zero-order valence-corrected chi connectivity index (χ0v) is 15.1. The predicted molar refractivity (Wildman–Crippen MR) is 102 cm³/mol. The van der Waals surface area contributed by atoms with Crippen molar-refractivity contribution in [2.24, 2.45) is 0 Å². The van der Waals surface area contributed by atoms with Crippen LogP contribution in [0.3, 0.4) is 0 Å². The van der Waals surface area contributed by atoms with E-state index in [1.165, 1.54) is 6.07 Å². The number of fused-ring (bicyclic) bond motifs is 2. The number of pyridine rings is 1. The van der Waals surface area contributed by atoms with Crippen molar-refractivity contribution in [3.63, 3.8) is 0 Å². The zero-order chi connectivity index (χ0) is 19.1. The molecule has 4 aromatic heterocycles. The number of aryl methyl sites for hydroxylation is 3. The minimum Gasteiger partial charge on any atom is -0.464 e. The summed E-state index contributed by atoms with van der Waals surface area (Å²) in [6.45, 7) is 1.95. The lowest BCUT2D eigenvalue weighted by Gasteiger charge is -2.10. The third-order valence-electron chi connectivity index (χ3n) is 4.99. The molecule has 0 atom stereocenters. The van der Waals surface area contributed by atoms with Crippen molar-refractivity contribution in [1.29, 1.82) is 0 Å². The van der Waals surface area contributed by atoms with Crippen LogP contribution >= 0.6 is 0 Å². The number of nitrogens with zero attached hydrogens (tertiary/aromatic N) is 5. The minimum absolute atomic E-state index is 0.239. The number of hydrogen-bond donors (Lipinski definition) is 0. The average Bonchev–Trinajstić information content (AvgIpc) is 3.37. The topological polar surface area (TPSA) is 69.1 Å². The second kappa shape index (κ2) is 6.53. The van der Waals surface area contributed by atoms with E-state index >= 15 is 0 Å². The maximum Gasteiger partial charge on any atom is 0.171 e. The molecule has 0 aliphatic rings. The molecule has 6 nitrogen and oxygen atoms in total. The molecule has 0 fully saturated rings. The standard InChI is InChI=1S/C21H16FN5O/c1-13-14(3-2-9-23-13)17-11-24-20(27-12-25-26-21(17)27)7-4-15-16-8-10-28-19(16)6-5-18(15)22/h2-3,5-6,8-12H,4,7H2,1H3. The molecule has 5 rings (SSSR count). The lowest BCUT2D eigenvalue weighted by Crippen LogP contribution is -2.05. The van der Waals surface area contributed by atoms with Crippen LogP contribution in [0.5, 0.6) is 0 Å². The molecular weight excluding hydrogens is 357 g/mol. The van der Waals surface area contributed by atoms with Gasteiger partial charge in [0.1, 0.15) is 23.6 Å². The molecule has 0 saturated carbocycles. The minimum atomic E-state index is -0.239. The molecule has 138 valence electrons. The van der Waals surface area contributed by atoms with E-state index in [0.717, 1.165) is 28.0 Å². The van der Waals surface area contributed by atoms with Crippen LogP contribution in [0.1, 0.15) is 17.1 Å². The Hall–Kier alpha value is -3.61. The summed E-state index contributed by atoms with van der Waals surface area (Å²) in [5, 5.41) is 9.12. The number of hydrogen-bond acceptors (Lipinski definition) is 5. The van der Waals surface area contributed by atoms with Gasteiger partial charge in [-0.3, -0.25) is 9.38 Å². The van der Waals surface area contributed by atoms with E-state index in [1.54, 1.807) is 37.1 Å². The van der Waals surface area contributed by atoms with Crippen LogP contribution in [0.2, 0.25) is 0 Å². The van der Waals surface area contributed by atoms with E-state index in [9.17, 15) is 4.39 Å². The number of halogens is 1. The number of furan rings is 1. The first-order valence-electron chi connectivity index (χ1n) is 8.96. The van der Waals surface area contributed by atoms with Gasteiger partial charge in [0.2, 0.25) is 0 Å². The normalized spacial score (nSPS) is 11.5. The molecule has 0 aliphatic heterocycles. The van der Waals surface area contributed by atoms with Gasteiger partial charge in [-0.2, -0.15) is 0 Å². The molecule has 5 aromatic rings. The van der Waals surface area contributed by atoms with Gasteiger partial charge in [0.25, 0.3) is 0 Å². The fourth-order valence-electron chi connectivity index (χ4n) is 3.58. The Morgan fingerprint density at radius 1 is 1.07 bits per heavy atom. The highest BCUT2D eigenvalue weighted by Crippen LogP contribution is 2.27. The number of aromatic nitrogens is 5. The summed E-state index contributed by atoms with van der Waals surface area (Å²) in [6.07, 6.45) is 7.80. The molecule has 4 heterocycles. The van der Waals surface area contributed by atoms with Crippen LogP contribution < -0.4 is 0 Å². The molecule has 1 aromatic carbocycles. The van der Waals surface area contributed by atoms with Gasteiger partial charge in [-0.15, -0.1) is 10.2 Å². The van der Waals surface area contributed by atoms with Crippen molar-refractivity contribution >= 4 is 16.6 Å².